The number of hydrogen-bond donors (Lipinski definition) is 3. The van der Waals surface area contributed by atoms with Crippen LogP contribution in [0.15, 0.2) is 60.7 Å². The zero-order valence-electron chi connectivity index (χ0n) is 14.5. The zero-order chi connectivity index (χ0) is 18.8. The minimum atomic E-state index is -0.0836. The molecule has 3 rings (SSSR count). The van der Waals surface area contributed by atoms with Crippen molar-refractivity contribution in [3.63, 3.8) is 0 Å². The number of rotatable bonds is 4. The number of nitrogens with one attached hydrogen (secondary N) is 1. The van der Waals surface area contributed by atoms with Gasteiger partial charge in [-0.25, -0.2) is 0 Å². The first-order chi connectivity index (χ1) is 12.4. The molecule has 0 bridgehead atoms. The molecule has 1 heterocycles. The van der Waals surface area contributed by atoms with Crippen LogP contribution < -0.4 is 0 Å². The SMILES string of the molecule is C=C(C)/C=C(\c1ccccc1C)n1c(-c2ccc(O)cc2O)n[nH]c1=S. The van der Waals surface area contributed by atoms with E-state index in [0.29, 0.717) is 16.2 Å². The van der Waals surface area contributed by atoms with Gasteiger partial charge in [-0.15, -0.1) is 0 Å². The van der Waals surface area contributed by atoms with Gasteiger partial charge in [-0.2, -0.15) is 5.10 Å². The maximum absolute atomic E-state index is 10.3. The Morgan fingerprint density at radius 3 is 2.62 bits per heavy atom. The Morgan fingerprint density at radius 2 is 1.96 bits per heavy atom. The quantitative estimate of drug-likeness (QED) is 0.459. The molecular formula is C20H19N3O2S. The number of allylic oxidation sites excluding steroid dienone is 2. The third-order valence-electron chi connectivity index (χ3n) is 3.94. The minimum absolute atomic E-state index is 0.0245. The fraction of sp³-hybridized carbons (Fsp3) is 0.100. The number of phenols is 2. The predicted octanol–water partition coefficient (Wildman–Crippen LogP) is 4.79. The number of aromatic nitrogens is 3. The molecule has 2 aromatic carbocycles. The van der Waals surface area contributed by atoms with Crippen molar-refractivity contribution in [1.29, 1.82) is 0 Å². The highest BCUT2D eigenvalue weighted by Gasteiger charge is 2.18. The molecule has 0 amide bonds. The van der Waals surface area contributed by atoms with Crippen molar-refractivity contribution in [2.24, 2.45) is 0 Å². The van der Waals surface area contributed by atoms with E-state index in [9.17, 15) is 10.2 Å². The average molecular weight is 365 g/mol. The lowest BCUT2D eigenvalue weighted by atomic mass is 10.0. The summed E-state index contributed by atoms with van der Waals surface area (Å²) >= 11 is 5.46. The maximum Gasteiger partial charge on any atom is 0.200 e. The van der Waals surface area contributed by atoms with Gasteiger partial charge in [0.15, 0.2) is 10.6 Å². The summed E-state index contributed by atoms with van der Waals surface area (Å²) in [4.78, 5) is 0. The van der Waals surface area contributed by atoms with Crippen molar-refractivity contribution in [1.82, 2.24) is 14.8 Å². The Balaban J connectivity index is 2.31. The van der Waals surface area contributed by atoms with Crippen molar-refractivity contribution in [2.45, 2.75) is 13.8 Å². The van der Waals surface area contributed by atoms with Gasteiger partial charge in [-0.3, -0.25) is 9.67 Å². The smallest absolute Gasteiger partial charge is 0.200 e. The number of nitrogens with zero attached hydrogens (tertiary/aromatic N) is 2. The van der Waals surface area contributed by atoms with E-state index in [-0.39, 0.29) is 11.5 Å². The molecule has 132 valence electrons. The van der Waals surface area contributed by atoms with Crippen LogP contribution in [0.3, 0.4) is 0 Å². The largest absolute Gasteiger partial charge is 0.508 e. The third-order valence-corrected chi connectivity index (χ3v) is 4.21. The van der Waals surface area contributed by atoms with Crippen LogP contribution >= 0.6 is 12.2 Å². The molecule has 0 fully saturated rings. The Labute approximate surface area is 156 Å². The number of hydrogen-bond acceptors (Lipinski definition) is 4. The standard InChI is InChI=1S/C20H19N3O2S/c1-12(2)10-17(15-7-5-4-6-13(15)3)23-19(21-22-20(23)26)16-9-8-14(24)11-18(16)25/h4-11,24-25H,1H2,2-3H3,(H,22,26)/b17-10+. The highest BCUT2D eigenvalue weighted by atomic mass is 32.1. The maximum atomic E-state index is 10.3. The molecule has 0 saturated carbocycles. The summed E-state index contributed by atoms with van der Waals surface area (Å²) in [5, 5.41) is 26.9. The van der Waals surface area contributed by atoms with Gasteiger partial charge in [-0.05, 0) is 49.8 Å². The van der Waals surface area contributed by atoms with Gasteiger partial charge in [0.2, 0.25) is 0 Å². The van der Waals surface area contributed by atoms with E-state index in [0.717, 1.165) is 22.4 Å². The summed E-state index contributed by atoms with van der Waals surface area (Å²) in [5.74, 6) is 0.339. The first-order valence-corrected chi connectivity index (χ1v) is 8.42. The number of aromatic amines is 1. The van der Waals surface area contributed by atoms with E-state index in [1.54, 1.807) is 10.6 Å². The summed E-state index contributed by atoms with van der Waals surface area (Å²) in [6.07, 6.45) is 1.93. The first kappa shape index (κ1) is 17.7. The van der Waals surface area contributed by atoms with Gasteiger partial charge in [0.25, 0.3) is 0 Å². The summed E-state index contributed by atoms with van der Waals surface area (Å²) in [5.41, 5.74) is 4.16. The normalized spacial score (nSPS) is 11.5. The van der Waals surface area contributed by atoms with Crippen molar-refractivity contribution in [3.05, 3.63) is 76.6 Å². The zero-order valence-corrected chi connectivity index (χ0v) is 15.3. The van der Waals surface area contributed by atoms with E-state index in [4.69, 9.17) is 12.2 Å². The molecule has 5 nitrogen and oxygen atoms in total. The van der Waals surface area contributed by atoms with Crippen LogP contribution in [0.1, 0.15) is 18.1 Å². The molecule has 0 spiro atoms. The Hall–Kier alpha value is -3.12. The lowest BCUT2D eigenvalue weighted by Gasteiger charge is -2.15. The van der Waals surface area contributed by atoms with Crippen molar-refractivity contribution in [2.75, 3.05) is 0 Å². The summed E-state index contributed by atoms with van der Waals surface area (Å²) in [7, 11) is 0. The summed E-state index contributed by atoms with van der Waals surface area (Å²) < 4.78 is 2.15. The molecule has 3 aromatic rings. The van der Waals surface area contributed by atoms with Gasteiger partial charge in [0.05, 0.1) is 11.3 Å². The second-order valence-corrected chi connectivity index (χ2v) is 6.47. The van der Waals surface area contributed by atoms with Crippen LogP contribution in [0.2, 0.25) is 0 Å². The molecule has 26 heavy (non-hydrogen) atoms. The summed E-state index contributed by atoms with van der Waals surface area (Å²) in [6, 6.07) is 12.3. The van der Waals surface area contributed by atoms with Crippen LogP contribution in [0, 0.1) is 11.7 Å². The van der Waals surface area contributed by atoms with Crippen LogP contribution in [0.25, 0.3) is 17.1 Å². The van der Waals surface area contributed by atoms with Gasteiger partial charge >= 0.3 is 0 Å². The third kappa shape index (κ3) is 3.32. The number of aryl methyl sites for hydroxylation is 1. The number of aromatic hydroxyl groups is 2. The molecule has 3 N–H and O–H groups in total. The molecular weight excluding hydrogens is 346 g/mol. The number of H-pyrrole nitrogens is 1. The number of phenolic OH excluding ortho intramolecular Hbond substituents is 2. The van der Waals surface area contributed by atoms with E-state index in [2.05, 4.69) is 16.8 Å². The first-order valence-electron chi connectivity index (χ1n) is 8.02. The lowest BCUT2D eigenvalue weighted by Crippen LogP contribution is -2.04. The highest BCUT2D eigenvalue weighted by molar-refractivity contribution is 7.71. The second kappa shape index (κ2) is 7.01. The van der Waals surface area contributed by atoms with Crippen LogP contribution in [0.4, 0.5) is 0 Å². The van der Waals surface area contributed by atoms with Crippen molar-refractivity contribution >= 4 is 17.9 Å². The Morgan fingerprint density at radius 1 is 1.23 bits per heavy atom. The topological polar surface area (TPSA) is 74.1 Å². The molecule has 0 aliphatic rings. The second-order valence-electron chi connectivity index (χ2n) is 6.08. The molecule has 0 aliphatic carbocycles. The van der Waals surface area contributed by atoms with E-state index >= 15 is 0 Å². The predicted molar refractivity (Wildman–Crippen MR) is 106 cm³/mol. The molecule has 0 aliphatic heterocycles. The Kier molecular flexibility index (Phi) is 4.77. The Bertz CT molecular complexity index is 1080. The number of benzene rings is 2. The minimum Gasteiger partial charge on any atom is -0.508 e. The van der Waals surface area contributed by atoms with Crippen LogP contribution in [-0.4, -0.2) is 25.0 Å². The van der Waals surface area contributed by atoms with E-state index in [1.807, 2.05) is 44.2 Å². The molecule has 0 unspecified atom stereocenters. The van der Waals surface area contributed by atoms with Gasteiger partial charge in [0.1, 0.15) is 11.5 Å². The fourth-order valence-electron chi connectivity index (χ4n) is 2.77. The van der Waals surface area contributed by atoms with E-state index in [1.165, 1.54) is 12.1 Å². The monoisotopic (exact) mass is 365 g/mol. The molecule has 6 heteroatoms. The van der Waals surface area contributed by atoms with Crippen LogP contribution in [0.5, 0.6) is 11.5 Å². The van der Waals surface area contributed by atoms with Crippen LogP contribution in [-0.2, 0) is 0 Å². The highest BCUT2D eigenvalue weighted by Crippen LogP contribution is 2.34. The van der Waals surface area contributed by atoms with Crippen molar-refractivity contribution < 1.29 is 10.2 Å². The lowest BCUT2D eigenvalue weighted by molar-refractivity contribution is 0.451. The molecule has 0 atom stereocenters. The average Bonchev–Trinajstić information content (AvgIpc) is 2.94. The summed E-state index contributed by atoms with van der Waals surface area (Å²) in [6.45, 7) is 7.90. The molecule has 0 saturated heterocycles. The fourth-order valence-corrected chi connectivity index (χ4v) is 3.00. The van der Waals surface area contributed by atoms with Gasteiger partial charge in [-0.1, -0.05) is 36.4 Å². The molecule has 1 aromatic heterocycles. The van der Waals surface area contributed by atoms with Gasteiger partial charge < -0.3 is 10.2 Å². The van der Waals surface area contributed by atoms with E-state index < -0.39 is 0 Å². The molecule has 0 radical (unpaired) electrons. The van der Waals surface area contributed by atoms with Crippen molar-refractivity contribution in [3.8, 4) is 22.9 Å². The van der Waals surface area contributed by atoms with Gasteiger partial charge in [0, 0.05) is 11.6 Å².